The largest absolute Gasteiger partial charge is 0.548 e. The summed E-state index contributed by atoms with van der Waals surface area (Å²) in [5, 5.41) is 13.3. The van der Waals surface area contributed by atoms with E-state index in [0.717, 1.165) is 5.56 Å². The van der Waals surface area contributed by atoms with Crippen molar-refractivity contribution in [1.82, 2.24) is 5.32 Å². The highest BCUT2D eigenvalue weighted by Gasteiger charge is 2.20. The summed E-state index contributed by atoms with van der Waals surface area (Å²) in [5.74, 6) is -2.90. The standard InChI is InChI=1S/C19H20FNO3/c1-3-17(19(23)24)21-18(22)12(2)14-9-10-15(16(20)11-14)13-7-5-4-6-8-13/h4-12,17H,3H2,1-2H3,(H,21,22)(H,23,24)/p-1/t12-,17-/m0/s1. The number of halogens is 1. The molecule has 2 atom stereocenters. The molecule has 0 aliphatic heterocycles. The second-order valence-corrected chi connectivity index (χ2v) is 5.62. The number of carboxylic acid groups (broad SMARTS) is 1. The zero-order valence-corrected chi connectivity index (χ0v) is 13.6. The number of aliphatic carboxylic acids is 1. The van der Waals surface area contributed by atoms with Gasteiger partial charge >= 0.3 is 0 Å². The Hall–Kier alpha value is -2.69. The Kier molecular flexibility index (Phi) is 5.68. The fraction of sp³-hybridized carbons (Fsp3) is 0.263. The first-order valence-corrected chi connectivity index (χ1v) is 7.80. The normalized spacial score (nSPS) is 13.1. The lowest BCUT2D eigenvalue weighted by Crippen LogP contribution is -2.48. The van der Waals surface area contributed by atoms with Gasteiger partial charge in [-0.1, -0.05) is 49.4 Å². The molecule has 2 aromatic rings. The minimum absolute atomic E-state index is 0.224. The zero-order chi connectivity index (χ0) is 17.7. The highest BCUT2D eigenvalue weighted by Crippen LogP contribution is 2.26. The predicted molar refractivity (Wildman–Crippen MR) is 87.5 cm³/mol. The zero-order valence-electron chi connectivity index (χ0n) is 13.6. The minimum atomic E-state index is -1.33. The van der Waals surface area contributed by atoms with Gasteiger partial charge in [0.1, 0.15) is 5.82 Å². The Bertz CT molecular complexity index is 731. The van der Waals surface area contributed by atoms with Crippen LogP contribution >= 0.6 is 0 Å². The van der Waals surface area contributed by atoms with Gasteiger partial charge in [0, 0.05) is 5.56 Å². The lowest BCUT2D eigenvalue weighted by atomic mass is 9.96. The monoisotopic (exact) mass is 328 g/mol. The van der Waals surface area contributed by atoms with E-state index in [1.54, 1.807) is 38.1 Å². The Morgan fingerprint density at radius 1 is 1.17 bits per heavy atom. The summed E-state index contributed by atoms with van der Waals surface area (Å²) in [6, 6.07) is 12.7. The van der Waals surface area contributed by atoms with Gasteiger partial charge < -0.3 is 15.2 Å². The smallest absolute Gasteiger partial charge is 0.227 e. The first-order valence-electron chi connectivity index (χ1n) is 7.80. The summed E-state index contributed by atoms with van der Waals surface area (Å²) in [7, 11) is 0. The van der Waals surface area contributed by atoms with Crippen LogP contribution in [0.15, 0.2) is 48.5 Å². The second kappa shape index (κ2) is 7.73. The van der Waals surface area contributed by atoms with Crippen molar-refractivity contribution in [3.63, 3.8) is 0 Å². The lowest BCUT2D eigenvalue weighted by Gasteiger charge is -2.21. The summed E-state index contributed by atoms with van der Waals surface area (Å²) < 4.78 is 14.4. The van der Waals surface area contributed by atoms with Gasteiger partial charge in [-0.2, -0.15) is 0 Å². The molecule has 4 nitrogen and oxygen atoms in total. The third-order valence-corrected chi connectivity index (χ3v) is 3.98. The first-order chi connectivity index (χ1) is 11.4. The van der Waals surface area contributed by atoms with Crippen LogP contribution in [0.2, 0.25) is 0 Å². The molecular weight excluding hydrogens is 309 g/mol. The summed E-state index contributed by atoms with van der Waals surface area (Å²) in [6.45, 7) is 3.24. The molecule has 0 aliphatic carbocycles. The van der Waals surface area contributed by atoms with Crippen LogP contribution in [0.5, 0.6) is 0 Å². The predicted octanol–water partition coefficient (Wildman–Crippen LogP) is 2.24. The molecule has 1 amide bonds. The summed E-state index contributed by atoms with van der Waals surface area (Å²) in [6.07, 6.45) is 0.224. The molecule has 24 heavy (non-hydrogen) atoms. The van der Waals surface area contributed by atoms with Gasteiger partial charge in [0.15, 0.2) is 0 Å². The van der Waals surface area contributed by atoms with Gasteiger partial charge in [0.2, 0.25) is 5.91 Å². The van der Waals surface area contributed by atoms with E-state index in [1.807, 2.05) is 18.2 Å². The average Bonchev–Trinajstić information content (AvgIpc) is 2.59. The van der Waals surface area contributed by atoms with Crippen LogP contribution in [0.25, 0.3) is 11.1 Å². The number of carbonyl (C=O) groups is 2. The Morgan fingerprint density at radius 3 is 2.38 bits per heavy atom. The van der Waals surface area contributed by atoms with Crippen LogP contribution in [0.4, 0.5) is 4.39 Å². The van der Waals surface area contributed by atoms with Gasteiger partial charge in [-0.3, -0.25) is 4.79 Å². The van der Waals surface area contributed by atoms with E-state index < -0.39 is 29.7 Å². The number of amides is 1. The second-order valence-electron chi connectivity index (χ2n) is 5.62. The highest BCUT2D eigenvalue weighted by molar-refractivity contribution is 5.87. The molecule has 5 heteroatoms. The Labute approximate surface area is 140 Å². The quantitative estimate of drug-likeness (QED) is 0.884. The van der Waals surface area contributed by atoms with E-state index in [0.29, 0.717) is 11.1 Å². The summed E-state index contributed by atoms with van der Waals surface area (Å²) in [4.78, 5) is 23.1. The van der Waals surface area contributed by atoms with Crippen molar-refractivity contribution in [3.05, 3.63) is 59.9 Å². The molecule has 2 aromatic carbocycles. The van der Waals surface area contributed by atoms with Crippen LogP contribution in [-0.2, 0) is 9.59 Å². The molecule has 0 bridgehead atoms. The maximum absolute atomic E-state index is 14.4. The van der Waals surface area contributed by atoms with Crippen molar-refractivity contribution in [2.24, 2.45) is 0 Å². The Balaban J connectivity index is 2.19. The van der Waals surface area contributed by atoms with Crippen LogP contribution in [0.3, 0.4) is 0 Å². The molecule has 0 saturated carbocycles. The van der Waals surface area contributed by atoms with Crippen molar-refractivity contribution in [1.29, 1.82) is 0 Å². The SMILES string of the molecule is CC[C@H](NC(=O)[C@@H](C)c1ccc(-c2ccccc2)c(F)c1)C(=O)[O-]. The number of carboxylic acids is 1. The maximum Gasteiger partial charge on any atom is 0.227 e. The molecule has 126 valence electrons. The van der Waals surface area contributed by atoms with E-state index >= 15 is 0 Å². The molecule has 0 spiro atoms. The summed E-state index contributed by atoms with van der Waals surface area (Å²) in [5.41, 5.74) is 1.69. The highest BCUT2D eigenvalue weighted by atomic mass is 19.1. The van der Waals surface area contributed by atoms with E-state index in [1.165, 1.54) is 6.07 Å². The molecule has 0 heterocycles. The molecule has 1 N–H and O–H groups in total. The number of hydrogen-bond donors (Lipinski definition) is 1. The molecule has 2 rings (SSSR count). The number of hydrogen-bond acceptors (Lipinski definition) is 3. The molecular formula is C19H19FNO3-. The van der Waals surface area contributed by atoms with E-state index in [-0.39, 0.29) is 6.42 Å². The van der Waals surface area contributed by atoms with Crippen LogP contribution in [0.1, 0.15) is 31.7 Å². The van der Waals surface area contributed by atoms with E-state index in [9.17, 15) is 19.1 Å². The summed E-state index contributed by atoms with van der Waals surface area (Å²) >= 11 is 0. The maximum atomic E-state index is 14.4. The fourth-order valence-corrected chi connectivity index (χ4v) is 2.43. The van der Waals surface area contributed by atoms with Gasteiger partial charge in [0.25, 0.3) is 0 Å². The third-order valence-electron chi connectivity index (χ3n) is 3.98. The first kappa shape index (κ1) is 17.7. The van der Waals surface area contributed by atoms with Gasteiger partial charge in [-0.25, -0.2) is 4.39 Å². The van der Waals surface area contributed by atoms with Crippen molar-refractivity contribution in [2.75, 3.05) is 0 Å². The number of carbonyl (C=O) groups excluding carboxylic acids is 2. The number of nitrogens with one attached hydrogen (secondary N) is 1. The van der Waals surface area contributed by atoms with Gasteiger partial charge in [-0.05, 0) is 30.5 Å². The van der Waals surface area contributed by atoms with Crippen molar-refractivity contribution in [2.45, 2.75) is 32.2 Å². The molecule has 0 radical (unpaired) electrons. The van der Waals surface area contributed by atoms with Crippen LogP contribution < -0.4 is 10.4 Å². The third kappa shape index (κ3) is 3.98. The van der Waals surface area contributed by atoms with Gasteiger partial charge in [-0.15, -0.1) is 0 Å². The van der Waals surface area contributed by atoms with Crippen LogP contribution in [-0.4, -0.2) is 17.9 Å². The van der Waals surface area contributed by atoms with Crippen LogP contribution in [0, 0.1) is 5.82 Å². The number of rotatable bonds is 6. The van der Waals surface area contributed by atoms with Gasteiger partial charge in [0.05, 0.1) is 17.9 Å². The fourth-order valence-electron chi connectivity index (χ4n) is 2.43. The van der Waals surface area contributed by atoms with E-state index in [4.69, 9.17) is 0 Å². The van der Waals surface area contributed by atoms with E-state index in [2.05, 4.69) is 5.32 Å². The molecule has 0 fully saturated rings. The minimum Gasteiger partial charge on any atom is -0.548 e. The number of benzene rings is 2. The Morgan fingerprint density at radius 2 is 1.83 bits per heavy atom. The molecule has 0 saturated heterocycles. The lowest BCUT2D eigenvalue weighted by molar-refractivity contribution is -0.308. The molecule has 0 unspecified atom stereocenters. The van der Waals surface area contributed by atoms with Crippen molar-refractivity contribution >= 4 is 11.9 Å². The molecule has 0 aliphatic rings. The topological polar surface area (TPSA) is 69.2 Å². The average molecular weight is 328 g/mol. The molecule has 0 aromatic heterocycles. The van der Waals surface area contributed by atoms with Crippen molar-refractivity contribution in [3.8, 4) is 11.1 Å². The van der Waals surface area contributed by atoms with Crippen molar-refractivity contribution < 1.29 is 19.1 Å².